The SMILES string of the molecule is CCN(C)CCNCc1ccc(S(N)(=O)=O)o1. The number of nitrogens with two attached hydrogens (primary N) is 1. The molecule has 0 fully saturated rings. The van der Waals surface area contributed by atoms with Gasteiger partial charge in [0, 0.05) is 13.1 Å². The lowest BCUT2D eigenvalue weighted by atomic mass is 10.4. The van der Waals surface area contributed by atoms with E-state index in [9.17, 15) is 8.42 Å². The summed E-state index contributed by atoms with van der Waals surface area (Å²) in [6.07, 6.45) is 0. The van der Waals surface area contributed by atoms with Gasteiger partial charge >= 0.3 is 0 Å². The number of primary sulfonamides is 1. The first-order chi connectivity index (χ1) is 7.93. The summed E-state index contributed by atoms with van der Waals surface area (Å²) < 4.78 is 27.0. The topological polar surface area (TPSA) is 88.6 Å². The standard InChI is InChI=1S/C10H19N3O3S/c1-3-13(2)7-6-12-8-9-4-5-10(16-9)17(11,14)15/h4-5,12H,3,6-8H2,1-2H3,(H2,11,14,15). The molecule has 98 valence electrons. The van der Waals surface area contributed by atoms with Crippen LogP contribution < -0.4 is 10.5 Å². The molecule has 0 atom stereocenters. The molecule has 17 heavy (non-hydrogen) atoms. The van der Waals surface area contributed by atoms with Crippen LogP contribution in [0.2, 0.25) is 0 Å². The van der Waals surface area contributed by atoms with Crippen LogP contribution in [0.25, 0.3) is 0 Å². The average molecular weight is 261 g/mol. The maximum atomic E-state index is 11.0. The number of hydrogen-bond acceptors (Lipinski definition) is 5. The summed E-state index contributed by atoms with van der Waals surface area (Å²) >= 11 is 0. The lowest BCUT2D eigenvalue weighted by Crippen LogP contribution is -2.28. The highest BCUT2D eigenvalue weighted by molar-refractivity contribution is 7.89. The zero-order chi connectivity index (χ0) is 12.9. The van der Waals surface area contributed by atoms with Crippen molar-refractivity contribution in [2.45, 2.75) is 18.6 Å². The molecule has 0 unspecified atom stereocenters. The van der Waals surface area contributed by atoms with Crippen LogP contribution in [-0.2, 0) is 16.6 Å². The third-order valence-corrected chi connectivity index (χ3v) is 3.21. The van der Waals surface area contributed by atoms with E-state index in [1.165, 1.54) is 6.07 Å². The quantitative estimate of drug-likeness (QED) is 0.673. The first kappa shape index (κ1) is 14.2. The van der Waals surface area contributed by atoms with Gasteiger partial charge in [-0.05, 0) is 25.7 Å². The van der Waals surface area contributed by atoms with E-state index < -0.39 is 10.0 Å². The van der Waals surface area contributed by atoms with Gasteiger partial charge in [-0.2, -0.15) is 0 Å². The van der Waals surface area contributed by atoms with Gasteiger partial charge in [-0.15, -0.1) is 0 Å². The van der Waals surface area contributed by atoms with E-state index in [1.807, 2.05) is 7.05 Å². The molecule has 1 aromatic heterocycles. The van der Waals surface area contributed by atoms with Gasteiger partial charge in [0.2, 0.25) is 5.09 Å². The van der Waals surface area contributed by atoms with Gasteiger partial charge in [-0.25, -0.2) is 13.6 Å². The normalized spacial score (nSPS) is 12.2. The Hall–Kier alpha value is -0.890. The van der Waals surface area contributed by atoms with E-state index in [4.69, 9.17) is 9.56 Å². The molecule has 6 nitrogen and oxygen atoms in total. The zero-order valence-electron chi connectivity index (χ0n) is 10.1. The Morgan fingerprint density at radius 2 is 2.18 bits per heavy atom. The molecule has 0 saturated heterocycles. The van der Waals surface area contributed by atoms with E-state index in [1.54, 1.807) is 6.07 Å². The predicted molar refractivity (Wildman–Crippen MR) is 65.0 cm³/mol. The van der Waals surface area contributed by atoms with Crippen LogP contribution in [0.4, 0.5) is 0 Å². The highest BCUT2D eigenvalue weighted by Crippen LogP contribution is 2.11. The molecule has 1 heterocycles. The molecule has 1 rings (SSSR count). The Balaban J connectivity index is 2.36. The molecule has 0 aliphatic carbocycles. The number of rotatable bonds is 7. The van der Waals surface area contributed by atoms with Crippen LogP contribution >= 0.6 is 0 Å². The number of hydrogen-bond donors (Lipinski definition) is 2. The molecule has 0 aliphatic heterocycles. The average Bonchev–Trinajstić information content (AvgIpc) is 2.72. The number of nitrogens with one attached hydrogen (secondary N) is 1. The minimum atomic E-state index is -3.73. The lowest BCUT2D eigenvalue weighted by Gasteiger charge is -2.13. The molecule has 1 aromatic rings. The summed E-state index contributed by atoms with van der Waals surface area (Å²) in [7, 11) is -1.70. The third kappa shape index (κ3) is 4.86. The zero-order valence-corrected chi connectivity index (χ0v) is 11.0. The van der Waals surface area contributed by atoms with Gasteiger partial charge in [-0.1, -0.05) is 6.92 Å². The molecule has 0 aromatic carbocycles. The molecular formula is C10H19N3O3S. The van der Waals surface area contributed by atoms with Gasteiger partial charge < -0.3 is 14.6 Å². The summed E-state index contributed by atoms with van der Waals surface area (Å²) in [4.78, 5) is 2.17. The van der Waals surface area contributed by atoms with Crippen molar-refractivity contribution in [3.63, 3.8) is 0 Å². The smallest absolute Gasteiger partial charge is 0.271 e. The lowest BCUT2D eigenvalue weighted by molar-refractivity contribution is 0.341. The first-order valence-electron chi connectivity index (χ1n) is 5.44. The van der Waals surface area contributed by atoms with Crippen molar-refractivity contribution in [2.24, 2.45) is 5.14 Å². The molecule has 0 saturated carbocycles. The molecular weight excluding hydrogens is 242 g/mol. The van der Waals surface area contributed by atoms with Crippen molar-refractivity contribution >= 4 is 10.0 Å². The predicted octanol–water partition coefficient (Wildman–Crippen LogP) is -0.0317. The fourth-order valence-electron chi connectivity index (χ4n) is 1.25. The second-order valence-corrected chi connectivity index (χ2v) is 5.33. The van der Waals surface area contributed by atoms with Crippen LogP contribution in [0.5, 0.6) is 0 Å². The van der Waals surface area contributed by atoms with E-state index in [0.29, 0.717) is 12.3 Å². The van der Waals surface area contributed by atoms with Gasteiger partial charge in [0.05, 0.1) is 6.54 Å². The van der Waals surface area contributed by atoms with E-state index in [0.717, 1.165) is 19.6 Å². The van der Waals surface area contributed by atoms with Crippen molar-refractivity contribution in [3.05, 3.63) is 17.9 Å². The number of nitrogens with zero attached hydrogens (tertiary/aromatic N) is 1. The van der Waals surface area contributed by atoms with Gasteiger partial charge in [-0.3, -0.25) is 0 Å². The number of likely N-dealkylation sites (N-methyl/N-ethyl adjacent to an activating group) is 1. The Kier molecular flexibility index (Phi) is 5.13. The van der Waals surface area contributed by atoms with Crippen LogP contribution in [0.15, 0.2) is 21.6 Å². The largest absolute Gasteiger partial charge is 0.447 e. The maximum absolute atomic E-state index is 11.0. The first-order valence-corrected chi connectivity index (χ1v) is 6.99. The fraction of sp³-hybridized carbons (Fsp3) is 0.600. The highest BCUT2D eigenvalue weighted by Gasteiger charge is 2.12. The van der Waals surface area contributed by atoms with E-state index >= 15 is 0 Å². The third-order valence-electron chi connectivity index (χ3n) is 2.43. The van der Waals surface area contributed by atoms with Gasteiger partial charge in [0.25, 0.3) is 10.0 Å². The van der Waals surface area contributed by atoms with Crippen LogP contribution in [-0.4, -0.2) is 40.0 Å². The Morgan fingerprint density at radius 1 is 1.47 bits per heavy atom. The molecule has 0 radical (unpaired) electrons. The Bertz CT molecular complexity index is 441. The minimum Gasteiger partial charge on any atom is -0.447 e. The molecule has 0 amide bonds. The summed E-state index contributed by atoms with van der Waals surface area (Å²) in [6, 6.07) is 2.97. The second-order valence-electron chi connectivity index (χ2n) is 3.84. The molecule has 0 aliphatic rings. The van der Waals surface area contributed by atoms with Crippen LogP contribution in [0.3, 0.4) is 0 Å². The van der Waals surface area contributed by atoms with Crippen molar-refractivity contribution in [1.29, 1.82) is 0 Å². The van der Waals surface area contributed by atoms with Gasteiger partial charge in [0.15, 0.2) is 0 Å². The molecule has 3 N–H and O–H groups in total. The fourth-order valence-corrected chi connectivity index (χ4v) is 1.73. The minimum absolute atomic E-state index is 0.194. The van der Waals surface area contributed by atoms with Crippen molar-refractivity contribution in [3.8, 4) is 0 Å². The molecule has 7 heteroatoms. The monoisotopic (exact) mass is 261 g/mol. The number of furan rings is 1. The Morgan fingerprint density at radius 3 is 2.71 bits per heavy atom. The highest BCUT2D eigenvalue weighted by atomic mass is 32.2. The van der Waals surface area contributed by atoms with E-state index in [-0.39, 0.29) is 5.09 Å². The summed E-state index contributed by atoms with van der Waals surface area (Å²) in [5.41, 5.74) is 0. The van der Waals surface area contributed by atoms with Crippen LogP contribution in [0, 0.1) is 0 Å². The van der Waals surface area contributed by atoms with Crippen molar-refractivity contribution in [1.82, 2.24) is 10.2 Å². The van der Waals surface area contributed by atoms with Gasteiger partial charge in [0.1, 0.15) is 5.76 Å². The summed E-state index contributed by atoms with van der Waals surface area (Å²) in [6.45, 7) is 5.32. The Labute approximate surface area is 102 Å². The number of sulfonamides is 1. The summed E-state index contributed by atoms with van der Waals surface area (Å²) in [5, 5.41) is 7.90. The van der Waals surface area contributed by atoms with E-state index in [2.05, 4.69) is 17.1 Å². The molecule has 0 bridgehead atoms. The summed E-state index contributed by atoms with van der Waals surface area (Å²) in [5.74, 6) is 0.563. The van der Waals surface area contributed by atoms with Crippen molar-refractivity contribution < 1.29 is 12.8 Å². The van der Waals surface area contributed by atoms with Crippen molar-refractivity contribution in [2.75, 3.05) is 26.7 Å². The van der Waals surface area contributed by atoms with Crippen LogP contribution in [0.1, 0.15) is 12.7 Å². The second kappa shape index (κ2) is 6.15. The maximum Gasteiger partial charge on any atom is 0.271 e. The molecule has 0 spiro atoms.